The number of hydrogen-bond acceptors (Lipinski definition) is 1. The van der Waals surface area contributed by atoms with Gasteiger partial charge in [-0.2, -0.15) is 0 Å². The van der Waals surface area contributed by atoms with Crippen LogP contribution in [0.15, 0.2) is 48.4 Å². The average molecular weight is 214 g/mol. The van der Waals surface area contributed by atoms with Gasteiger partial charge in [-0.15, -0.1) is 30.9 Å². The van der Waals surface area contributed by atoms with Crippen molar-refractivity contribution < 1.29 is 0 Å². The minimum atomic E-state index is 0.748. The molecule has 15 heavy (non-hydrogen) atoms. The van der Waals surface area contributed by atoms with Crippen LogP contribution in [-0.2, 0) is 0 Å². The van der Waals surface area contributed by atoms with Crippen LogP contribution in [-0.4, -0.2) is 0 Å². The van der Waals surface area contributed by atoms with Gasteiger partial charge in [-0.25, -0.2) is 0 Å². The van der Waals surface area contributed by atoms with Crippen molar-refractivity contribution in [3.05, 3.63) is 53.3 Å². The Morgan fingerprint density at radius 3 is 2.60 bits per heavy atom. The van der Waals surface area contributed by atoms with Crippen LogP contribution in [0.5, 0.6) is 0 Å². The van der Waals surface area contributed by atoms with Gasteiger partial charge in [-0.05, 0) is 29.9 Å². The van der Waals surface area contributed by atoms with Gasteiger partial charge in [0.2, 0.25) is 0 Å². The molecule has 0 aliphatic rings. The standard InChI is InChI=1S/C14H14S/c1-4-8-12(6-3)13(9-5-2)14-10-7-11-15-14/h3-5,7,10-11H,1-2,8-9H2. The zero-order chi connectivity index (χ0) is 11.1. The first-order chi connectivity index (χ1) is 7.33. The van der Waals surface area contributed by atoms with Gasteiger partial charge < -0.3 is 0 Å². The number of hydrogen-bond donors (Lipinski definition) is 0. The molecule has 0 aliphatic heterocycles. The van der Waals surface area contributed by atoms with Crippen molar-refractivity contribution in [1.29, 1.82) is 0 Å². The maximum absolute atomic E-state index is 5.51. The van der Waals surface area contributed by atoms with E-state index in [0.29, 0.717) is 0 Å². The van der Waals surface area contributed by atoms with Crippen LogP contribution in [0.3, 0.4) is 0 Å². The summed E-state index contributed by atoms with van der Waals surface area (Å²) in [5.41, 5.74) is 2.20. The fraction of sp³-hybridized carbons (Fsp3) is 0.143. The second-order valence-electron chi connectivity index (χ2n) is 3.06. The molecule has 0 atom stereocenters. The van der Waals surface area contributed by atoms with Gasteiger partial charge in [0.1, 0.15) is 0 Å². The van der Waals surface area contributed by atoms with E-state index in [1.807, 2.05) is 18.2 Å². The smallest absolute Gasteiger partial charge is 0.0314 e. The van der Waals surface area contributed by atoms with Crippen molar-refractivity contribution in [3.63, 3.8) is 0 Å². The Hall–Kier alpha value is -1.52. The SMILES string of the molecule is C#CC(CC=C)=C(CC=C)c1cccs1. The Morgan fingerprint density at radius 2 is 2.13 bits per heavy atom. The highest BCUT2D eigenvalue weighted by atomic mass is 32.1. The molecule has 0 fully saturated rings. The van der Waals surface area contributed by atoms with Crippen LogP contribution in [0, 0.1) is 12.3 Å². The molecule has 1 heteroatoms. The van der Waals surface area contributed by atoms with Gasteiger partial charge >= 0.3 is 0 Å². The van der Waals surface area contributed by atoms with E-state index in [9.17, 15) is 0 Å². The van der Waals surface area contributed by atoms with E-state index >= 15 is 0 Å². The van der Waals surface area contributed by atoms with Gasteiger partial charge in [-0.1, -0.05) is 24.1 Å². The second-order valence-corrected chi connectivity index (χ2v) is 4.01. The van der Waals surface area contributed by atoms with Gasteiger partial charge in [0, 0.05) is 10.5 Å². The molecule has 1 heterocycles. The second kappa shape index (κ2) is 6.06. The molecular formula is C14H14S. The maximum atomic E-state index is 5.51. The van der Waals surface area contributed by atoms with Gasteiger partial charge in [0.05, 0.1) is 0 Å². The highest BCUT2D eigenvalue weighted by molar-refractivity contribution is 7.11. The predicted octanol–water partition coefficient (Wildman–Crippen LogP) is 4.29. The van der Waals surface area contributed by atoms with Crippen LogP contribution >= 0.6 is 11.3 Å². The zero-order valence-electron chi connectivity index (χ0n) is 8.70. The lowest BCUT2D eigenvalue weighted by molar-refractivity contribution is 1.28. The van der Waals surface area contributed by atoms with E-state index in [2.05, 4.69) is 30.5 Å². The Bertz CT molecular complexity index is 399. The molecule has 0 aliphatic carbocycles. The topological polar surface area (TPSA) is 0 Å². The molecule has 0 spiro atoms. The lowest BCUT2D eigenvalue weighted by Crippen LogP contribution is -1.86. The first-order valence-corrected chi connectivity index (χ1v) is 5.65. The van der Waals surface area contributed by atoms with E-state index in [4.69, 9.17) is 6.42 Å². The summed E-state index contributed by atoms with van der Waals surface area (Å²) in [7, 11) is 0. The fourth-order valence-electron chi connectivity index (χ4n) is 1.38. The summed E-state index contributed by atoms with van der Waals surface area (Å²) in [5.74, 6) is 2.74. The van der Waals surface area contributed by atoms with Crippen LogP contribution < -0.4 is 0 Å². The number of terminal acetylenes is 1. The minimum absolute atomic E-state index is 0.748. The molecule has 1 aromatic heterocycles. The van der Waals surface area contributed by atoms with E-state index in [1.54, 1.807) is 11.3 Å². The fourth-order valence-corrected chi connectivity index (χ4v) is 2.19. The first kappa shape index (κ1) is 11.6. The third-order valence-electron chi connectivity index (χ3n) is 2.05. The number of allylic oxidation sites excluding steroid dienone is 4. The minimum Gasteiger partial charge on any atom is -0.144 e. The van der Waals surface area contributed by atoms with Crippen LogP contribution in [0.25, 0.3) is 5.57 Å². The van der Waals surface area contributed by atoms with Crippen molar-refractivity contribution in [2.24, 2.45) is 0 Å². The molecule has 0 amide bonds. The Morgan fingerprint density at radius 1 is 1.40 bits per heavy atom. The first-order valence-electron chi connectivity index (χ1n) is 4.77. The van der Waals surface area contributed by atoms with Crippen molar-refractivity contribution in [2.75, 3.05) is 0 Å². The lowest BCUT2D eigenvalue weighted by atomic mass is 10.0. The third kappa shape index (κ3) is 2.97. The summed E-state index contributed by atoms with van der Waals surface area (Å²) >= 11 is 1.71. The molecule has 0 radical (unpaired) electrons. The molecule has 0 aromatic carbocycles. The normalized spacial score (nSPS) is 11.4. The maximum Gasteiger partial charge on any atom is 0.0314 e. The number of rotatable bonds is 5. The highest BCUT2D eigenvalue weighted by Crippen LogP contribution is 2.28. The lowest BCUT2D eigenvalue weighted by Gasteiger charge is -2.06. The van der Waals surface area contributed by atoms with E-state index in [0.717, 1.165) is 18.4 Å². The molecule has 0 saturated heterocycles. The highest BCUT2D eigenvalue weighted by Gasteiger charge is 2.06. The summed E-state index contributed by atoms with van der Waals surface area (Å²) < 4.78 is 0. The summed E-state index contributed by atoms with van der Waals surface area (Å²) in [6.07, 6.45) is 10.8. The molecule has 1 aromatic rings. The summed E-state index contributed by atoms with van der Waals surface area (Å²) in [4.78, 5) is 1.23. The molecule has 0 unspecified atom stereocenters. The monoisotopic (exact) mass is 214 g/mol. The van der Waals surface area contributed by atoms with Gasteiger partial charge in [-0.3, -0.25) is 0 Å². The Kier molecular flexibility index (Phi) is 4.66. The predicted molar refractivity (Wildman–Crippen MR) is 69.7 cm³/mol. The van der Waals surface area contributed by atoms with Crippen LogP contribution in [0.4, 0.5) is 0 Å². The number of thiophene rings is 1. The van der Waals surface area contributed by atoms with E-state index in [-0.39, 0.29) is 0 Å². The van der Waals surface area contributed by atoms with Crippen LogP contribution in [0.1, 0.15) is 17.7 Å². The van der Waals surface area contributed by atoms with Crippen LogP contribution in [0.2, 0.25) is 0 Å². The van der Waals surface area contributed by atoms with Crippen molar-refractivity contribution in [3.8, 4) is 12.3 Å². The molecule has 0 nitrogen and oxygen atoms in total. The van der Waals surface area contributed by atoms with E-state index < -0.39 is 0 Å². The largest absolute Gasteiger partial charge is 0.144 e. The third-order valence-corrected chi connectivity index (χ3v) is 2.98. The van der Waals surface area contributed by atoms with E-state index in [1.165, 1.54) is 10.5 Å². The summed E-state index contributed by atoms with van der Waals surface area (Å²) in [6.45, 7) is 7.48. The molecule has 1 rings (SSSR count). The van der Waals surface area contributed by atoms with Crippen molar-refractivity contribution >= 4 is 16.9 Å². The van der Waals surface area contributed by atoms with Crippen molar-refractivity contribution in [2.45, 2.75) is 12.8 Å². The van der Waals surface area contributed by atoms with Crippen molar-refractivity contribution in [1.82, 2.24) is 0 Å². The Balaban J connectivity index is 3.15. The molecule has 0 bridgehead atoms. The van der Waals surface area contributed by atoms with Gasteiger partial charge in [0.25, 0.3) is 0 Å². The summed E-state index contributed by atoms with van der Waals surface area (Å²) in [5, 5.41) is 2.06. The molecule has 0 N–H and O–H groups in total. The summed E-state index contributed by atoms with van der Waals surface area (Å²) in [6, 6.07) is 4.12. The Labute approximate surface area is 95.7 Å². The van der Waals surface area contributed by atoms with Gasteiger partial charge in [0.15, 0.2) is 0 Å². The average Bonchev–Trinajstić information content (AvgIpc) is 2.76. The zero-order valence-corrected chi connectivity index (χ0v) is 9.52. The quantitative estimate of drug-likeness (QED) is 0.507. The molecule has 76 valence electrons. The molecular weight excluding hydrogens is 200 g/mol. The molecule has 0 saturated carbocycles.